The Balaban J connectivity index is 2.29. The van der Waals surface area contributed by atoms with Crippen LogP contribution in [-0.2, 0) is 4.79 Å². The minimum Gasteiger partial charge on any atom is -0.388 e. The molecule has 0 radical (unpaired) electrons. The van der Waals surface area contributed by atoms with Crippen LogP contribution in [0.15, 0.2) is 0 Å². The molecular weight excluding hydrogens is 228 g/mol. The van der Waals surface area contributed by atoms with E-state index in [2.05, 4.69) is 12.2 Å². The van der Waals surface area contributed by atoms with Crippen LogP contribution < -0.4 is 11.1 Å². The van der Waals surface area contributed by atoms with E-state index in [0.717, 1.165) is 25.7 Å². The summed E-state index contributed by atoms with van der Waals surface area (Å²) in [7, 11) is 0. The molecule has 0 aromatic rings. The van der Waals surface area contributed by atoms with E-state index in [1.807, 2.05) is 13.8 Å². The molecule has 1 atom stereocenters. The molecule has 4 N–H and O–H groups in total. The fourth-order valence-electron chi connectivity index (χ4n) is 2.26. The zero-order valence-corrected chi connectivity index (χ0v) is 11.9. The summed E-state index contributed by atoms with van der Waals surface area (Å²) in [6, 6.07) is -0.106. The largest absolute Gasteiger partial charge is 0.388 e. The molecule has 0 aromatic heterocycles. The van der Waals surface area contributed by atoms with Gasteiger partial charge in [-0.3, -0.25) is 4.79 Å². The van der Waals surface area contributed by atoms with Gasteiger partial charge in [0.1, 0.15) is 0 Å². The third-order valence-corrected chi connectivity index (χ3v) is 4.10. The van der Waals surface area contributed by atoms with Crippen LogP contribution in [0.2, 0.25) is 0 Å². The fourth-order valence-corrected chi connectivity index (χ4v) is 2.26. The lowest BCUT2D eigenvalue weighted by Crippen LogP contribution is -2.46. The molecule has 0 heterocycles. The number of hydrogen-bond acceptors (Lipinski definition) is 3. The highest BCUT2D eigenvalue weighted by atomic mass is 16.3. The molecule has 1 rings (SSSR count). The van der Waals surface area contributed by atoms with Crippen LogP contribution in [0.3, 0.4) is 0 Å². The third kappa shape index (κ3) is 4.94. The molecule has 1 amide bonds. The zero-order valence-electron chi connectivity index (χ0n) is 11.9. The first-order valence-corrected chi connectivity index (χ1v) is 7.07. The van der Waals surface area contributed by atoms with Crippen molar-refractivity contribution < 1.29 is 9.90 Å². The molecule has 1 fully saturated rings. The van der Waals surface area contributed by atoms with Gasteiger partial charge in [0.25, 0.3) is 0 Å². The molecule has 1 saturated carbocycles. The SMILES string of the molecule is CC1CCC(O)(CNC(=O)CC(N)C(C)C)CC1. The van der Waals surface area contributed by atoms with Gasteiger partial charge in [-0.05, 0) is 37.5 Å². The Kier molecular flexibility index (Phi) is 5.60. The minimum atomic E-state index is -0.704. The van der Waals surface area contributed by atoms with E-state index in [0.29, 0.717) is 24.8 Å². The lowest BCUT2D eigenvalue weighted by molar-refractivity contribution is -0.123. The molecule has 0 bridgehead atoms. The monoisotopic (exact) mass is 256 g/mol. The van der Waals surface area contributed by atoms with E-state index in [9.17, 15) is 9.90 Å². The van der Waals surface area contributed by atoms with Crippen molar-refractivity contribution in [3.63, 3.8) is 0 Å². The molecule has 0 spiro atoms. The quantitative estimate of drug-likeness (QED) is 0.696. The lowest BCUT2D eigenvalue weighted by Gasteiger charge is -2.35. The average molecular weight is 256 g/mol. The van der Waals surface area contributed by atoms with E-state index >= 15 is 0 Å². The van der Waals surface area contributed by atoms with Gasteiger partial charge in [-0.1, -0.05) is 20.8 Å². The molecule has 4 heteroatoms. The summed E-state index contributed by atoms with van der Waals surface area (Å²) in [5.74, 6) is 0.938. The Morgan fingerprint density at radius 3 is 2.50 bits per heavy atom. The van der Waals surface area contributed by atoms with Crippen molar-refractivity contribution in [3.05, 3.63) is 0 Å². The summed E-state index contributed by atoms with van der Waals surface area (Å²) < 4.78 is 0. The maximum absolute atomic E-state index is 11.7. The molecular formula is C14H28N2O2. The molecule has 0 saturated heterocycles. The van der Waals surface area contributed by atoms with Crippen molar-refractivity contribution in [2.45, 2.75) is 64.5 Å². The first kappa shape index (κ1) is 15.4. The van der Waals surface area contributed by atoms with Gasteiger partial charge in [-0.2, -0.15) is 0 Å². The number of carbonyl (C=O) groups excluding carboxylic acids is 1. The maximum Gasteiger partial charge on any atom is 0.221 e. The van der Waals surface area contributed by atoms with Crippen molar-refractivity contribution in [2.24, 2.45) is 17.6 Å². The Morgan fingerprint density at radius 2 is 2.00 bits per heavy atom. The van der Waals surface area contributed by atoms with Crippen molar-refractivity contribution >= 4 is 5.91 Å². The van der Waals surface area contributed by atoms with Gasteiger partial charge in [0.15, 0.2) is 0 Å². The predicted octanol–water partition coefficient (Wildman–Crippen LogP) is 1.42. The van der Waals surface area contributed by atoms with Gasteiger partial charge in [-0.25, -0.2) is 0 Å². The summed E-state index contributed by atoms with van der Waals surface area (Å²) in [6.07, 6.45) is 3.98. The van der Waals surface area contributed by atoms with Crippen LogP contribution in [0.4, 0.5) is 0 Å². The fraction of sp³-hybridized carbons (Fsp3) is 0.929. The van der Waals surface area contributed by atoms with Crippen LogP contribution in [0, 0.1) is 11.8 Å². The number of hydrogen-bond donors (Lipinski definition) is 3. The standard InChI is InChI=1S/C14H28N2O2/c1-10(2)12(15)8-13(17)16-9-14(18)6-4-11(3)5-7-14/h10-12,18H,4-9,15H2,1-3H3,(H,16,17). The van der Waals surface area contributed by atoms with E-state index in [1.54, 1.807) is 0 Å². The van der Waals surface area contributed by atoms with Crippen LogP contribution in [0.1, 0.15) is 52.9 Å². The number of rotatable bonds is 5. The van der Waals surface area contributed by atoms with Crippen LogP contribution in [0.5, 0.6) is 0 Å². The van der Waals surface area contributed by atoms with Crippen LogP contribution in [-0.4, -0.2) is 29.2 Å². The number of aliphatic hydroxyl groups is 1. The van der Waals surface area contributed by atoms with Crippen molar-refractivity contribution in [1.82, 2.24) is 5.32 Å². The molecule has 0 aliphatic heterocycles. The number of amides is 1. The van der Waals surface area contributed by atoms with Gasteiger partial charge in [0.05, 0.1) is 5.60 Å². The van der Waals surface area contributed by atoms with E-state index in [4.69, 9.17) is 5.73 Å². The molecule has 0 aromatic carbocycles. The van der Waals surface area contributed by atoms with Gasteiger partial charge in [0.2, 0.25) is 5.91 Å². The van der Waals surface area contributed by atoms with E-state index in [1.165, 1.54) is 0 Å². The second kappa shape index (κ2) is 6.53. The molecule has 1 unspecified atom stereocenters. The number of nitrogens with one attached hydrogen (secondary N) is 1. The second-order valence-corrected chi connectivity index (χ2v) is 6.30. The molecule has 18 heavy (non-hydrogen) atoms. The van der Waals surface area contributed by atoms with E-state index < -0.39 is 5.60 Å². The highest BCUT2D eigenvalue weighted by Crippen LogP contribution is 2.31. The topological polar surface area (TPSA) is 75.3 Å². The van der Waals surface area contributed by atoms with Gasteiger partial charge < -0.3 is 16.2 Å². The maximum atomic E-state index is 11.7. The highest BCUT2D eigenvalue weighted by Gasteiger charge is 2.32. The lowest BCUT2D eigenvalue weighted by atomic mass is 9.79. The van der Waals surface area contributed by atoms with Crippen LogP contribution >= 0.6 is 0 Å². The normalized spacial score (nSPS) is 30.2. The second-order valence-electron chi connectivity index (χ2n) is 6.30. The molecule has 1 aliphatic rings. The van der Waals surface area contributed by atoms with E-state index in [-0.39, 0.29) is 11.9 Å². The van der Waals surface area contributed by atoms with Crippen molar-refractivity contribution in [3.8, 4) is 0 Å². The molecule has 4 nitrogen and oxygen atoms in total. The zero-order chi connectivity index (χ0) is 13.8. The van der Waals surface area contributed by atoms with Crippen molar-refractivity contribution in [1.29, 1.82) is 0 Å². The number of carbonyl (C=O) groups is 1. The Bertz CT molecular complexity index is 271. The molecule has 1 aliphatic carbocycles. The summed E-state index contributed by atoms with van der Waals surface area (Å²) in [5.41, 5.74) is 5.15. The number of nitrogens with two attached hydrogens (primary N) is 1. The summed E-state index contributed by atoms with van der Waals surface area (Å²) in [4.78, 5) is 11.7. The Labute approximate surface area is 110 Å². The smallest absolute Gasteiger partial charge is 0.221 e. The summed E-state index contributed by atoms with van der Waals surface area (Å²) in [6.45, 7) is 6.59. The van der Waals surface area contributed by atoms with Gasteiger partial charge in [0, 0.05) is 19.0 Å². The highest BCUT2D eigenvalue weighted by molar-refractivity contribution is 5.76. The molecule has 106 valence electrons. The summed E-state index contributed by atoms with van der Waals surface area (Å²) >= 11 is 0. The predicted molar refractivity (Wildman–Crippen MR) is 73.0 cm³/mol. The van der Waals surface area contributed by atoms with Crippen LogP contribution in [0.25, 0.3) is 0 Å². The van der Waals surface area contributed by atoms with Crippen molar-refractivity contribution in [2.75, 3.05) is 6.54 Å². The third-order valence-electron chi connectivity index (χ3n) is 4.10. The average Bonchev–Trinajstić information content (AvgIpc) is 2.31. The van der Waals surface area contributed by atoms with Gasteiger partial charge in [-0.15, -0.1) is 0 Å². The minimum absolute atomic E-state index is 0.0525. The summed E-state index contributed by atoms with van der Waals surface area (Å²) in [5, 5.41) is 13.2. The first-order chi connectivity index (χ1) is 8.32. The Morgan fingerprint density at radius 1 is 1.44 bits per heavy atom. The first-order valence-electron chi connectivity index (χ1n) is 7.07. The van der Waals surface area contributed by atoms with Gasteiger partial charge >= 0.3 is 0 Å². The Hall–Kier alpha value is -0.610.